The van der Waals surface area contributed by atoms with E-state index in [0.29, 0.717) is 11.4 Å². The Morgan fingerprint density at radius 3 is 2.00 bits per heavy atom. The lowest BCUT2D eigenvalue weighted by molar-refractivity contribution is 0.214. The maximum absolute atomic E-state index is 12.8. The lowest BCUT2D eigenvalue weighted by Gasteiger charge is -2.21. The molecule has 0 unspecified atom stereocenters. The number of hydrogen-bond donors (Lipinski definition) is 2. The fourth-order valence-electron chi connectivity index (χ4n) is 3.73. The van der Waals surface area contributed by atoms with Crippen molar-refractivity contribution in [2.75, 3.05) is 23.1 Å². The molecule has 1 aliphatic rings. The van der Waals surface area contributed by atoms with Gasteiger partial charge in [-0.2, -0.15) is 0 Å². The summed E-state index contributed by atoms with van der Waals surface area (Å²) in [6.07, 6.45) is 4.36. The summed E-state index contributed by atoms with van der Waals surface area (Å²) in [5.41, 5.74) is 4.04. The van der Waals surface area contributed by atoms with Crippen LogP contribution in [-0.2, 0) is 10.0 Å². The number of likely N-dealkylation sites (tertiary alicyclic amines) is 1. The van der Waals surface area contributed by atoms with Gasteiger partial charge in [-0.1, -0.05) is 30.5 Å². The first-order chi connectivity index (χ1) is 13.8. The molecule has 7 heteroatoms. The average Bonchev–Trinajstić information content (AvgIpc) is 2.95. The minimum absolute atomic E-state index is 0.133. The second kappa shape index (κ2) is 8.86. The second-order valence-electron chi connectivity index (χ2n) is 7.74. The zero-order valence-corrected chi connectivity index (χ0v) is 18.1. The molecule has 0 saturated carbocycles. The van der Waals surface area contributed by atoms with Crippen LogP contribution in [-0.4, -0.2) is 32.4 Å². The van der Waals surface area contributed by atoms with E-state index in [2.05, 4.69) is 10.0 Å². The topological polar surface area (TPSA) is 78.5 Å². The lowest BCUT2D eigenvalue weighted by Crippen LogP contribution is -2.35. The number of nitrogens with zero attached hydrogens (tertiary/aromatic N) is 1. The minimum atomic E-state index is -3.71. The van der Waals surface area contributed by atoms with Crippen molar-refractivity contribution in [2.45, 2.75) is 51.3 Å². The first-order valence-electron chi connectivity index (χ1n) is 10.0. The van der Waals surface area contributed by atoms with Crippen molar-refractivity contribution in [3.05, 3.63) is 53.1 Å². The normalized spacial score (nSPS) is 14.9. The van der Waals surface area contributed by atoms with E-state index in [1.54, 1.807) is 12.1 Å². The molecule has 6 nitrogen and oxygen atoms in total. The molecular weight excluding hydrogens is 386 g/mol. The van der Waals surface area contributed by atoms with E-state index >= 15 is 0 Å². The fourth-order valence-corrected chi connectivity index (χ4v) is 4.93. The van der Waals surface area contributed by atoms with E-state index in [4.69, 9.17) is 0 Å². The predicted octanol–water partition coefficient (Wildman–Crippen LogP) is 4.82. The van der Waals surface area contributed by atoms with E-state index in [1.165, 1.54) is 12.1 Å². The second-order valence-corrected chi connectivity index (χ2v) is 9.42. The Morgan fingerprint density at radius 1 is 0.897 bits per heavy atom. The van der Waals surface area contributed by atoms with Gasteiger partial charge >= 0.3 is 6.03 Å². The zero-order chi connectivity index (χ0) is 21.0. The number of anilines is 2. The highest BCUT2D eigenvalue weighted by Gasteiger charge is 2.18. The third kappa shape index (κ3) is 5.29. The average molecular weight is 416 g/mol. The number of rotatable bonds is 4. The van der Waals surface area contributed by atoms with Crippen LogP contribution in [0.2, 0.25) is 0 Å². The summed E-state index contributed by atoms with van der Waals surface area (Å²) < 4.78 is 28.3. The molecule has 2 amide bonds. The summed E-state index contributed by atoms with van der Waals surface area (Å²) in [6.45, 7) is 7.28. The minimum Gasteiger partial charge on any atom is -0.325 e. The predicted molar refractivity (Wildman–Crippen MR) is 117 cm³/mol. The maximum Gasteiger partial charge on any atom is 0.321 e. The van der Waals surface area contributed by atoms with E-state index < -0.39 is 10.0 Å². The van der Waals surface area contributed by atoms with Gasteiger partial charge in [-0.15, -0.1) is 0 Å². The van der Waals surface area contributed by atoms with Gasteiger partial charge in [0.1, 0.15) is 0 Å². The number of benzene rings is 2. The van der Waals surface area contributed by atoms with Crippen molar-refractivity contribution in [1.82, 2.24) is 4.90 Å². The van der Waals surface area contributed by atoms with Crippen LogP contribution in [0.3, 0.4) is 0 Å². The SMILES string of the molecule is Cc1cc(C)c(NS(=O)(=O)c2ccc(NC(=O)N3CCCCCC3)cc2)c(C)c1. The van der Waals surface area contributed by atoms with Gasteiger partial charge in [0.2, 0.25) is 0 Å². The smallest absolute Gasteiger partial charge is 0.321 e. The van der Waals surface area contributed by atoms with Crippen LogP contribution < -0.4 is 10.0 Å². The van der Waals surface area contributed by atoms with Crippen LogP contribution in [0.25, 0.3) is 0 Å². The van der Waals surface area contributed by atoms with Crippen molar-refractivity contribution in [2.24, 2.45) is 0 Å². The molecule has 2 aromatic rings. The molecule has 1 saturated heterocycles. The Kier molecular flexibility index (Phi) is 6.47. The number of hydrogen-bond acceptors (Lipinski definition) is 3. The summed E-state index contributed by atoms with van der Waals surface area (Å²) in [7, 11) is -3.71. The summed E-state index contributed by atoms with van der Waals surface area (Å²) in [5.74, 6) is 0. The van der Waals surface area contributed by atoms with Crippen LogP contribution >= 0.6 is 0 Å². The molecule has 0 aliphatic carbocycles. The van der Waals surface area contributed by atoms with Crippen molar-refractivity contribution in [1.29, 1.82) is 0 Å². The van der Waals surface area contributed by atoms with Crippen LogP contribution in [0.4, 0.5) is 16.2 Å². The highest BCUT2D eigenvalue weighted by molar-refractivity contribution is 7.92. The third-order valence-corrected chi connectivity index (χ3v) is 6.59. The van der Waals surface area contributed by atoms with Gasteiger partial charge in [0.15, 0.2) is 0 Å². The Hall–Kier alpha value is -2.54. The molecule has 1 heterocycles. The molecule has 2 aromatic carbocycles. The quantitative estimate of drug-likeness (QED) is 0.751. The highest BCUT2D eigenvalue weighted by Crippen LogP contribution is 2.25. The number of carbonyl (C=O) groups is 1. The summed E-state index contributed by atoms with van der Waals surface area (Å²) >= 11 is 0. The number of nitrogens with one attached hydrogen (secondary N) is 2. The maximum atomic E-state index is 12.8. The molecule has 0 radical (unpaired) electrons. The Labute approximate surface area is 173 Å². The molecule has 29 heavy (non-hydrogen) atoms. The van der Waals surface area contributed by atoms with Gasteiger partial charge in [0.25, 0.3) is 10.0 Å². The lowest BCUT2D eigenvalue weighted by atomic mass is 10.1. The first kappa shape index (κ1) is 21.2. The molecule has 1 fully saturated rings. The molecule has 0 bridgehead atoms. The van der Waals surface area contributed by atoms with E-state index in [9.17, 15) is 13.2 Å². The molecule has 2 N–H and O–H groups in total. The van der Waals surface area contributed by atoms with Gasteiger partial charge in [0.05, 0.1) is 10.6 Å². The summed E-state index contributed by atoms with van der Waals surface area (Å²) in [4.78, 5) is 14.4. The summed E-state index contributed by atoms with van der Waals surface area (Å²) in [6, 6.07) is 10.0. The highest BCUT2D eigenvalue weighted by atomic mass is 32.2. The van der Waals surface area contributed by atoms with E-state index in [0.717, 1.165) is 55.5 Å². The molecular formula is C22H29N3O3S. The molecule has 0 aromatic heterocycles. The monoisotopic (exact) mass is 415 g/mol. The van der Waals surface area contributed by atoms with Gasteiger partial charge in [-0.3, -0.25) is 4.72 Å². The van der Waals surface area contributed by atoms with Crippen LogP contribution in [0.15, 0.2) is 41.3 Å². The molecule has 1 aliphatic heterocycles. The molecule has 0 spiro atoms. The van der Waals surface area contributed by atoms with Crippen molar-refractivity contribution < 1.29 is 13.2 Å². The summed E-state index contributed by atoms with van der Waals surface area (Å²) in [5, 5.41) is 2.86. The Bertz CT molecular complexity index is 954. The van der Waals surface area contributed by atoms with E-state index in [1.807, 2.05) is 37.8 Å². The van der Waals surface area contributed by atoms with Gasteiger partial charge in [-0.25, -0.2) is 13.2 Å². The van der Waals surface area contributed by atoms with Gasteiger partial charge in [-0.05, 0) is 69.0 Å². The van der Waals surface area contributed by atoms with Gasteiger partial charge < -0.3 is 10.2 Å². The molecule has 3 rings (SSSR count). The van der Waals surface area contributed by atoms with E-state index in [-0.39, 0.29) is 10.9 Å². The van der Waals surface area contributed by atoms with Crippen LogP contribution in [0.1, 0.15) is 42.4 Å². The van der Waals surface area contributed by atoms with Crippen molar-refractivity contribution in [3.8, 4) is 0 Å². The Morgan fingerprint density at radius 2 is 1.45 bits per heavy atom. The third-order valence-electron chi connectivity index (χ3n) is 5.22. The molecule has 156 valence electrons. The number of carbonyl (C=O) groups excluding carboxylic acids is 1. The first-order valence-corrected chi connectivity index (χ1v) is 11.5. The number of amides is 2. The van der Waals surface area contributed by atoms with Crippen LogP contribution in [0, 0.1) is 20.8 Å². The standard InChI is InChI=1S/C22H29N3O3S/c1-16-14-17(2)21(18(3)15-16)24-29(27,28)20-10-8-19(9-11-20)23-22(26)25-12-6-4-5-7-13-25/h8-11,14-15,24H,4-7,12-13H2,1-3H3,(H,23,26). The molecule has 0 atom stereocenters. The van der Waals surface area contributed by atoms with Crippen LogP contribution in [0.5, 0.6) is 0 Å². The van der Waals surface area contributed by atoms with Crippen molar-refractivity contribution >= 4 is 27.4 Å². The Balaban J connectivity index is 1.71. The zero-order valence-electron chi connectivity index (χ0n) is 17.3. The van der Waals surface area contributed by atoms with Gasteiger partial charge in [0, 0.05) is 18.8 Å². The number of urea groups is 1. The largest absolute Gasteiger partial charge is 0.325 e. The van der Waals surface area contributed by atoms with Crippen molar-refractivity contribution in [3.63, 3.8) is 0 Å². The number of sulfonamides is 1. The number of aryl methyl sites for hydroxylation is 3. The fraction of sp³-hybridized carbons (Fsp3) is 0.409.